The van der Waals surface area contributed by atoms with Crippen LogP contribution in [0.4, 0.5) is 0 Å². The lowest BCUT2D eigenvalue weighted by atomic mass is 10.2. The van der Waals surface area contributed by atoms with Gasteiger partial charge < -0.3 is 0 Å². The van der Waals surface area contributed by atoms with E-state index in [1.165, 1.54) is 5.56 Å². The molecule has 0 atom stereocenters. The zero-order chi connectivity index (χ0) is 13.6. The number of rotatable bonds is 4. The van der Waals surface area contributed by atoms with Crippen molar-refractivity contribution >= 4 is 12.2 Å². The van der Waals surface area contributed by atoms with Gasteiger partial charge in [0.2, 0.25) is 0 Å². The van der Waals surface area contributed by atoms with Gasteiger partial charge in [-0.05, 0) is 23.8 Å². The normalized spacial score (nSPS) is 11.0. The molecular weight excluding hydrogens is 248 g/mol. The number of hydrogen-bond acceptors (Lipinski definition) is 3. The van der Waals surface area contributed by atoms with E-state index in [1.807, 2.05) is 53.5 Å². The summed E-state index contributed by atoms with van der Waals surface area (Å²) in [5, 5.41) is 4.36. The third-order valence-corrected chi connectivity index (χ3v) is 2.89. The second kappa shape index (κ2) is 5.93. The van der Waals surface area contributed by atoms with E-state index < -0.39 is 0 Å². The third kappa shape index (κ3) is 3.17. The smallest absolute Gasteiger partial charge is 0.115 e. The van der Waals surface area contributed by atoms with Crippen LogP contribution in [0.25, 0.3) is 12.2 Å². The van der Waals surface area contributed by atoms with Crippen LogP contribution in [0.1, 0.15) is 16.8 Å². The second-order valence-electron chi connectivity index (χ2n) is 4.42. The molecule has 1 aromatic carbocycles. The highest BCUT2D eigenvalue weighted by atomic mass is 15.3. The maximum atomic E-state index is 4.36. The van der Waals surface area contributed by atoms with Crippen molar-refractivity contribution in [3.63, 3.8) is 0 Å². The maximum absolute atomic E-state index is 4.36. The summed E-state index contributed by atoms with van der Waals surface area (Å²) in [6, 6.07) is 12.1. The zero-order valence-electron chi connectivity index (χ0n) is 10.9. The van der Waals surface area contributed by atoms with E-state index in [0.29, 0.717) is 0 Å². The minimum absolute atomic E-state index is 0.780. The van der Waals surface area contributed by atoms with E-state index in [1.54, 1.807) is 12.5 Å². The Hall–Kier alpha value is -2.75. The number of aromatic nitrogens is 4. The molecule has 0 aliphatic carbocycles. The van der Waals surface area contributed by atoms with Crippen LogP contribution in [0.3, 0.4) is 0 Å². The SMILES string of the molecule is C(=C\c1ccncn1)/c1cnn(Cc2ccccc2)c1. The molecule has 0 bridgehead atoms. The fourth-order valence-corrected chi connectivity index (χ4v) is 1.90. The minimum Gasteiger partial charge on any atom is -0.268 e. The zero-order valence-corrected chi connectivity index (χ0v) is 10.9. The van der Waals surface area contributed by atoms with Gasteiger partial charge in [0, 0.05) is 18.0 Å². The van der Waals surface area contributed by atoms with E-state index in [9.17, 15) is 0 Å². The monoisotopic (exact) mass is 262 g/mol. The third-order valence-electron chi connectivity index (χ3n) is 2.89. The molecule has 0 radical (unpaired) electrons. The van der Waals surface area contributed by atoms with Crippen LogP contribution >= 0.6 is 0 Å². The highest BCUT2D eigenvalue weighted by molar-refractivity contribution is 5.66. The Balaban J connectivity index is 1.70. The Morgan fingerprint density at radius 2 is 1.95 bits per heavy atom. The second-order valence-corrected chi connectivity index (χ2v) is 4.42. The first-order valence-electron chi connectivity index (χ1n) is 6.41. The lowest BCUT2D eigenvalue weighted by Crippen LogP contribution is -1.99. The van der Waals surface area contributed by atoms with Crippen LogP contribution in [0.5, 0.6) is 0 Å². The molecule has 0 N–H and O–H groups in total. The molecule has 3 aromatic rings. The average molecular weight is 262 g/mol. The molecule has 0 saturated heterocycles. The largest absolute Gasteiger partial charge is 0.268 e. The quantitative estimate of drug-likeness (QED) is 0.726. The van der Waals surface area contributed by atoms with Gasteiger partial charge in [-0.2, -0.15) is 5.10 Å². The molecule has 4 heteroatoms. The topological polar surface area (TPSA) is 43.6 Å². The van der Waals surface area contributed by atoms with Gasteiger partial charge in [0.05, 0.1) is 18.4 Å². The molecule has 0 unspecified atom stereocenters. The molecule has 4 nitrogen and oxygen atoms in total. The van der Waals surface area contributed by atoms with Crippen LogP contribution in [0, 0.1) is 0 Å². The number of benzene rings is 1. The van der Waals surface area contributed by atoms with Gasteiger partial charge in [-0.3, -0.25) is 4.68 Å². The summed E-state index contributed by atoms with van der Waals surface area (Å²) in [4.78, 5) is 8.03. The van der Waals surface area contributed by atoms with Crippen molar-refractivity contribution in [2.24, 2.45) is 0 Å². The molecule has 3 rings (SSSR count). The first-order chi connectivity index (χ1) is 9.90. The van der Waals surface area contributed by atoms with Gasteiger partial charge in [0.1, 0.15) is 6.33 Å². The van der Waals surface area contributed by atoms with E-state index in [4.69, 9.17) is 0 Å². The standard InChI is InChI=1S/C16H14N4/c1-2-4-14(5-3-1)11-20-12-15(10-19-20)6-7-16-8-9-17-13-18-16/h1-10,12-13H,11H2/b7-6+. The van der Waals surface area contributed by atoms with Crippen LogP contribution in [0.15, 0.2) is 61.3 Å². The predicted octanol–water partition coefficient (Wildman–Crippen LogP) is 2.89. The lowest BCUT2D eigenvalue weighted by Gasteiger charge is -2.00. The van der Waals surface area contributed by atoms with Crippen molar-refractivity contribution in [1.29, 1.82) is 0 Å². The number of hydrogen-bond donors (Lipinski definition) is 0. The van der Waals surface area contributed by atoms with E-state index in [0.717, 1.165) is 17.8 Å². The fraction of sp³-hybridized carbons (Fsp3) is 0.0625. The first-order valence-corrected chi connectivity index (χ1v) is 6.41. The summed E-state index contributed by atoms with van der Waals surface area (Å²) >= 11 is 0. The molecule has 0 aliphatic heterocycles. The molecule has 2 heterocycles. The van der Waals surface area contributed by atoms with E-state index in [-0.39, 0.29) is 0 Å². The first kappa shape index (κ1) is 12.3. The van der Waals surface area contributed by atoms with Gasteiger partial charge in [-0.25, -0.2) is 9.97 Å². The Labute approximate surface area is 117 Å². The van der Waals surface area contributed by atoms with Crippen molar-refractivity contribution < 1.29 is 0 Å². The van der Waals surface area contributed by atoms with Gasteiger partial charge in [-0.1, -0.05) is 30.3 Å². The fourth-order valence-electron chi connectivity index (χ4n) is 1.90. The predicted molar refractivity (Wildman–Crippen MR) is 78.7 cm³/mol. The summed E-state index contributed by atoms with van der Waals surface area (Å²) in [5.74, 6) is 0. The molecule has 2 aromatic heterocycles. The van der Waals surface area contributed by atoms with E-state index in [2.05, 4.69) is 27.2 Å². The molecule has 20 heavy (non-hydrogen) atoms. The highest BCUT2D eigenvalue weighted by Gasteiger charge is 1.97. The maximum Gasteiger partial charge on any atom is 0.115 e. The van der Waals surface area contributed by atoms with Crippen molar-refractivity contribution in [2.45, 2.75) is 6.54 Å². The molecular formula is C16H14N4. The molecule has 0 spiro atoms. The van der Waals surface area contributed by atoms with Crippen molar-refractivity contribution in [1.82, 2.24) is 19.7 Å². The van der Waals surface area contributed by atoms with Crippen molar-refractivity contribution in [2.75, 3.05) is 0 Å². The van der Waals surface area contributed by atoms with Crippen molar-refractivity contribution in [3.05, 3.63) is 78.1 Å². The molecule has 0 aliphatic rings. The van der Waals surface area contributed by atoms with E-state index >= 15 is 0 Å². The van der Waals surface area contributed by atoms with Gasteiger partial charge in [0.15, 0.2) is 0 Å². The Morgan fingerprint density at radius 1 is 1.05 bits per heavy atom. The summed E-state index contributed by atoms with van der Waals surface area (Å²) in [5.41, 5.74) is 3.18. The molecule has 98 valence electrons. The van der Waals surface area contributed by atoms with Gasteiger partial charge >= 0.3 is 0 Å². The Kier molecular flexibility index (Phi) is 3.64. The number of nitrogens with zero attached hydrogens (tertiary/aromatic N) is 4. The van der Waals surface area contributed by atoms with Crippen LogP contribution in [-0.4, -0.2) is 19.7 Å². The summed E-state index contributed by atoms with van der Waals surface area (Å²) in [7, 11) is 0. The highest BCUT2D eigenvalue weighted by Crippen LogP contribution is 2.07. The summed E-state index contributed by atoms with van der Waals surface area (Å²) in [6.45, 7) is 0.780. The summed E-state index contributed by atoms with van der Waals surface area (Å²) in [6.07, 6.45) is 11.1. The van der Waals surface area contributed by atoms with Crippen LogP contribution in [0.2, 0.25) is 0 Å². The Bertz CT molecular complexity index is 687. The van der Waals surface area contributed by atoms with Crippen LogP contribution < -0.4 is 0 Å². The minimum atomic E-state index is 0.780. The molecule has 0 amide bonds. The van der Waals surface area contributed by atoms with Crippen molar-refractivity contribution in [3.8, 4) is 0 Å². The van der Waals surface area contributed by atoms with Gasteiger partial charge in [-0.15, -0.1) is 0 Å². The Morgan fingerprint density at radius 3 is 2.75 bits per heavy atom. The molecule has 0 saturated carbocycles. The average Bonchev–Trinajstić information content (AvgIpc) is 2.95. The lowest BCUT2D eigenvalue weighted by molar-refractivity contribution is 0.687. The molecule has 0 fully saturated rings. The van der Waals surface area contributed by atoms with Gasteiger partial charge in [0.25, 0.3) is 0 Å². The summed E-state index contributed by atoms with van der Waals surface area (Å²) < 4.78 is 1.93. The van der Waals surface area contributed by atoms with Crippen LogP contribution in [-0.2, 0) is 6.54 Å².